The second-order valence-corrected chi connectivity index (χ2v) is 5.41. The lowest BCUT2D eigenvalue weighted by Gasteiger charge is -2.15. The molecule has 0 N–H and O–H groups in total. The molecule has 19 heavy (non-hydrogen) atoms. The molecule has 0 aliphatic carbocycles. The Balaban J connectivity index is 2.17. The zero-order valence-electron chi connectivity index (χ0n) is 12.2. The molecule has 0 unspecified atom stereocenters. The van der Waals surface area contributed by atoms with Crippen LogP contribution in [0.1, 0.15) is 42.0 Å². The van der Waals surface area contributed by atoms with E-state index in [9.17, 15) is 0 Å². The summed E-state index contributed by atoms with van der Waals surface area (Å²) < 4.78 is 6.02. The smallest absolute Gasteiger partial charge is 0.123 e. The molecule has 0 heterocycles. The SMILES string of the molecule is Cc1ccc(C)c(COc2ccccc2C(C)C)c1. The third-order valence-electron chi connectivity index (χ3n) is 3.43. The molecule has 0 radical (unpaired) electrons. The molecular formula is C18H22O. The van der Waals surface area contributed by atoms with Gasteiger partial charge in [0.25, 0.3) is 0 Å². The van der Waals surface area contributed by atoms with Crippen LogP contribution in [-0.4, -0.2) is 0 Å². The maximum atomic E-state index is 6.02. The summed E-state index contributed by atoms with van der Waals surface area (Å²) in [6.07, 6.45) is 0. The molecule has 2 aromatic carbocycles. The van der Waals surface area contributed by atoms with Crippen molar-refractivity contribution in [1.82, 2.24) is 0 Å². The minimum Gasteiger partial charge on any atom is -0.489 e. The standard InChI is InChI=1S/C18H22O/c1-13(2)17-7-5-6-8-18(17)19-12-16-11-14(3)9-10-15(16)4/h5-11,13H,12H2,1-4H3. The van der Waals surface area contributed by atoms with Crippen LogP contribution in [0.3, 0.4) is 0 Å². The van der Waals surface area contributed by atoms with Crippen LogP contribution in [0.15, 0.2) is 42.5 Å². The Kier molecular flexibility index (Phi) is 4.26. The minimum absolute atomic E-state index is 0.481. The Morgan fingerprint density at radius 3 is 2.47 bits per heavy atom. The maximum Gasteiger partial charge on any atom is 0.123 e. The number of benzene rings is 2. The van der Waals surface area contributed by atoms with Crippen molar-refractivity contribution in [3.05, 3.63) is 64.7 Å². The molecule has 0 aromatic heterocycles. The normalized spacial score (nSPS) is 10.8. The van der Waals surface area contributed by atoms with Gasteiger partial charge in [-0.2, -0.15) is 0 Å². The van der Waals surface area contributed by atoms with Crippen molar-refractivity contribution in [2.45, 2.75) is 40.2 Å². The molecular weight excluding hydrogens is 232 g/mol. The van der Waals surface area contributed by atoms with Crippen molar-refractivity contribution in [3.8, 4) is 5.75 Å². The Morgan fingerprint density at radius 1 is 1.00 bits per heavy atom. The van der Waals surface area contributed by atoms with Crippen LogP contribution in [0, 0.1) is 13.8 Å². The lowest BCUT2D eigenvalue weighted by atomic mass is 10.0. The average Bonchev–Trinajstić information content (AvgIpc) is 2.40. The highest BCUT2D eigenvalue weighted by molar-refractivity contribution is 5.36. The largest absolute Gasteiger partial charge is 0.489 e. The van der Waals surface area contributed by atoms with E-state index in [0.717, 1.165) is 5.75 Å². The first-order chi connectivity index (χ1) is 9.08. The number of para-hydroxylation sites is 1. The topological polar surface area (TPSA) is 9.23 Å². The molecule has 0 atom stereocenters. The van der Waals surface area contributed by atoms with Crippen molar-refractivity contribution in [2.24, 2.45) is 0 Å². The lowest BCUT2D eigenvalue weighted by Crippen LogP contribution is -2.01. The number of aryl methyl sites for hydroxylation is 2. The Hall–Kier alpha value is -1.76. The zero-order valence-corrected chi connectivity index (χ0v) is 12.2. The highest BCUT2D eigenvalue weighted by Gasteiger charge is 2.07. The van der Waals surface area contributed by atoms with Gasteiger partial charge in [-0.1, -0.05) is 55.8 Å². The van der Waals surface area contributed by atoms with Crippen molar-refractivity contribution in [2.75, 3.05) is 0 Å². The Bertz CT molecular complexity index is 555. The average molecular weight is 254 g/mol. The van der Waals surface area contributed by atoms with Crippen molar-refractivity contribution in [1.29, 1.82) is 0 Å². The molecule has 2 rings (SSSR count). The summed E-state index contributed by atoms with van der Waals surface area (Å²) >= 11 is 0. The molecule has 0 saturated heterocycles. The fraction of sp³-hybridized carbons (Fsp3) is 0.333. The summed E-state index contributed by atoms with van der Waals surface area (Å²) in [6, 6.07) is 14.8. The van der Waals surface area contributed by atoms with E-state index in [2.05, 4.69) is 64.1 Å². The Morgan fingerprint density at radius 2 is 1.74 bits per heavy atom. The monoisotopic (exact) mass is 254 g/mol. The summed E-state index contributed by atoms with van der Waals surface area (Å²) in [7, 11) is 0. The van der Waals surface area contributed by atoms with Gasteiger partial charge in [-0.15, -0.1) is 0 Å². The van der Waals surface area contributed by atoms with Gasteiger partial charge in [0.15, 0.2) is 0 Å². The number of ether oxygens (including phenoxy) is 1. The quantitative estimate of drug-likeness (QED) is 0.745. The van der Waals surface area contributed by atoms with E-state index in [1.54, 1.807) is 0 Å². The molecule has 100 valence electrons. The summed E-state index contributed by atoms with van der Waals surface area (Å²) in [6.45, 7) is 9.27. The summed E-state index contributed by atoms with van der Waals surface area (Å²) in [5.74, 6) is 1.48. The van der Waals surface area contributed by atoms with Gasteiger partial charge in [0.1, 0.15) is 12.4 Å². The molecule has 0 bridgehead atoms. The fourth-order valence-corrected chi connectivity index (χ4v) is 2.20. The van der Waals surface area contributed by atoms with Gasteiger partial charge < -0.3 is 4.74 Å². The first-order valence-corrected chi connectivity index (χ1v) is 6.86. The van der Waals surface area contributed by atoms with Gasteiger partial charge in [0.05, 0.1) is 0 Å². The van der Waals surface area contributed by atoms with E-state index in [0.29, 0.717) is 12.5 Å². The van der Waals surface area contributed by atoms with Gasteiger partial charge in [-0.05, 0) is 42.5 Å². The Labute approximate surface area is 116 Å². The third kappa shape index (κ3) is 3.37. The molecule has 0 saturated carbocycles. The van der Waals surface area contributed by atoms with Crippen LogP contribution in [0.5, 0.6) is 5.75 Å². The first-order valence-electron chi connectivity index (χ1n) is 6.86. The molecule has 0 aliphatic heterocycles. The number of hydrogen-bond donors (Lipinski definition) is 0. The first kappa shape index (κ1) is 13.7. The zero-order chi connectivity index (χ0) is 13.8. The number of rotatable bonds is 4. The van der Waals surface area contributed by atoms with Crippen LogP contribution in [-0.2, 0) is 6.61 Å². The van der Waals surface area contributed by atoms with Crippen LogP contribution in [0.25, 0.3) is 0 Å². The van der Waals surface area contributed by atoms with Gasteiger partial charge in [-0.25, -0.2) is 0 Å². The van der Waals surface area contributed by atoms with E-state index < -0.39 is 0 Å². The third-order valence-corrected chi connectivity index (χ3v) is 3.43. The minimum atomic E-state index is 0.481. The van der Waals surface area contributed by atoms with E-state index in [-0.39, 0.29) is 0 Å². The summed E-state index contributed by atoms with van der Waals surface area (Å²) in [5, 5.41) is 0. The lowest BCUT2D eigenvalue weighted by molar-refractivity contribution is 0.301. The summed E-state index contributed by atoms with van der Waals surface area (Å²) in [5.41, 5.74) is 5.10. The van der Waals surface area contributed by atoms with Crippen LogP contribution in [0.4, 0.5) is 0 Å². The highest BCUT2D eigenvalue weighted by Crippen LogP contribution is 2.27. The second kappa shape index (κ2) is 5.92. The van der Waals surface area contributed by atoms with Crippen LogP contribution >= 0.6 is 0 Å². The van der Waals surface area contributed by atoms with Gasteiger partial charge >= 0.3 is 0 Å². The van der Waals surface area contributed by atoms with Gasteiger partial charge in [0, 0.05) is 0 Å². The fourth-order valence-electron chi connectivity index (χ4n) is 2.20. The van der Waals surface area contributed by atoms with Crippen molar-refractivity contribution >= 4 is 0 Å². The molecule has 2 aromatic rings. The maximum absolute atomic E-state index is 6.02. The van der Waals surface area contributed by atoms with Crippen LogP contribution < -0.4 is 4.74 Å². The number of hydrogen-bond acceptors (Lipinski definition) is 1. The van der Waals surface area contributed by atoms with Crippen molar-refractivity contribution in [3.63, 3.8) is 0 Å². The highest BCUT2D eigenvalue weighted by atomic mass is 16.5. The van der Waals surface area contributed by atoms with Crippen molar-refractivity contribution < 1.29 is 4.74 Å². The van der Waals surface area contributed by atoms with Gasteiger partial charge in [-0.3, -0.25) is 0 Å². The molecule has 0 fully saturated rings. The summed E-state index contributed by atoms with van der Waals surface area (Å²) in [4.78, 5) is 0. The van der Waals surface area contributed by atoms with E-state index in [1.807, 2.05) is 6.07 Å². The van der Waals surface area contributed by atoms with E-state index in [4.69, 9.17) is 4.74 Å². The van der Waals surface area contributed by atoms with Crippen LogP contribution in [0.2, 0.25) is 0 Å². The molecule has 0 aliphatic rings. The predicted octanol–water partition coefficient (Wildman–Crippen LogP) is 5.01. The molecule has 1 nitrogen and oxygen atoms in total. The molecule has 0 spiro atoms. The van der Waals surface area contributed by atoms with E-state index >= 15 is 0 Å². The van der Waals surface area contributed by atoms with Gasteiger partial charge in [0.2, 0.25) is 0 Å². The molecule has 0 amide bonds. The second-order valence-electron chi connectivity index (χ2n) is 5.41. The van der Waals surface area contributed by atoms with E-state index in [1.165, 1.54) is 22.3 Å². The predicted molar refractivity (Wildman–Crippen MR) is 80.8 cm³/mol. The molecule has 1 heteroatoms.